The number of nitrogens with zero attached hydrogens (tertiary/aromatic N) is 1. The molecule has 4 aliphatic rings. The first-order valence-electron chi connectivity index (χ1n) is 11.6. The maximum Gasteiger partial charge on any atom is 0.233 e. The Morgan fingerprint density at radius 3 is 2.42 bits per heavy atom. The third kappa shape index (κ3) is 5.12. The van der Waals surface area contributed by atoms with Crippen LogP contribution in [0.5, 0.6) is 0 Å². The molecule has 2 amide bonds. The summed E-state index contributed by atoms with van der Waals surface area (Å²) in [4.78, 5) is 26.5. The molecule has 9 heteroatoms. The Labute approximate surface area is 183 Å². The van der Waals surface area contributed by atoms with Gasteiger partial charge in [-0.15, -0.1) is 0 Å². The first-order valence-corrected chi connectivity index (χ1v) is 11.6. The fourth-order valence-electron chi connectivity index (χ4n) is 5.49. The van der Waals surface area contributed by atoms with Gasteiger partial charge in [0.25, 0.3) is 0 Å². The lowest BCUT2D eigenvalue weighted by atomic mass is 9.47. The minimum atomic E-state index is -0.841. The highest BCUT2D eigenvalue weighted by atomic mass is 16.7. The van der Waals surface area contributed by atoms with Gasteiger partial charge >= 0.3 is 0 Å². The zero-order valence-corrected chi connectivity index (χ0v) is 18.1. The van der Waals surface area contributed by atoms with Crippen LogP contribution in [0.15, 0.2) is 0 Å². The van der Waals surface area contributed by atoms with Crippen LogP contribution in [0.4, 0.5) is 0 Å². The van der Waals surface area contributed by atoms with Crippen LogP contribution in [-0.2, 0) is 28.5 Å². The summed E-state index contributed by atoms with van der Waals surface area (Å²) in [5.41, 5.74) is 0.372. The fourth-order valence-corrected chi connectivity index (χ4v) is 5.49. The topological polar surface area (TPSA) is 115 Å². The number of aliphatic hydroxyl groups excluding tert-OH is 2. The van der Waals surface area contributed by atoms with Crippen molar-refractivity contribution in [1.82, 2.24) is 4.90 Å². The van der Waals surface area contributed by atoms with Gasteiger partial charge in [0.2, 0.25) is 11.8 Å². The van der Waals surface area contributed by atoms with Crippen molar-refractivity contribution >= 4 is 11.8 Å². The maximum absolute atomic E-state index is 12.8. The number of carbonyl (C=O) groups is 2. The monoisotopic (exact) mass is 441 g/mol. The standard InChI is InChI=1S/C22H35NO8/c24-15-12-18(25)21(31-14-15)30-11-10-29-9-8-28-7-6-23-19(26)13-16(20(23)27)17-2-5-22(17)3-1-4-22/h15-18,21,24-25H,1-14H2/t15?,16?,17?,18-,21?/m0/s1. The number of hydrogen-bond acceptors (Lipinski definition) is 8. The summed E-state index contributed by atoms with van der Waals surface area (Å²) in [7, 11) is 0. The maximum atomic E-state index is 12.8. The molecule has 1 spiro atoms. The summed E-state index contributed by atoms with van der Waals surface area (Å²) in [6, 6.07) is 0. The summed E-state index contributed by atoms with van der Waals surface area (Å²) in [6.07, 6.45) is 4.39. The molecule has 0 aromatic rings. The van der Waals surface area contributed by atoms with Gasteiger partial charge < -0.3 is 29.2 Å². The number of ether oxygens (including phenoxy) is 4. The first-order chi connectivity index (χ1) is 15.0. The van der Waals surface area contributed by atoms with Crippen LogP contribution in [-0.4, -0.2) is 91.6 Å². The predicted molar refractivity (Wildman–Crippen MR) is 108 cm³/mol. The van der Waals surface area contributed by atoms with Crippen molar-refractivity contribution in [3.8, 4) is 0 Å². The SMILES string of the molecule is O=C1CC(C2CCC23CCC3)C(=O)N1CCOCCOCCOC1OCC(O)C[C@@H]1O. The molecule has 0 aromatic carbocycles. The molecule has 2 saturated heterocycles. The molecular weight excluding hydrogens is 406 g/mol. The third-order valence-electron chi connectivity index (χ3n) is 7.48. The number of imide groups is 1. The molecule has 4 unspecified atom stereocenters. The van der Waals surface area contributed by atoms with E-state index < -0.39 is 18.5 Å². The summed E-state index contributed by atoms with van der Waals surface area (Å²) in [5, 5.41) is 19.1. The lowest BCUT2D eigenvalue weighted by molar-refractivity contribution is -0.238. The van der Waals surface area contributed by atoms with Gasteiger partial charge in [-0.3, -0.25) is 14.5 Å². The molecule has 2 aliphatic carbocycles. The molecule has 9 nitrogen and oxygen atoms in total. The van der Waals surface area contributed by atoms with Gasteiger partial charge in [-0.2, -0.15) is 0 Å². The van der Waals surface area contributed by atoms with E-state index in [1.54, 1.807) is 0 Å². The minimum Gasteiger partial charge on any atom is -0.391 e. The normalized spacial score (nSPS) is 34.8. The van der Waals surface area contributed by atoms with E-state index in [9.17, 15) is 19.8 Å². The van der Waals surface area contributed by atoms with E-state index in [1.165, 1.54) is 30.6 Å². The average Bonchev–Trinajstić information content (AvgIpc) is 2.93. The lowest BCUT2D eigenvalue weighted by Crippen LogP contribution is -2.50. The van der Waals surface area contributed by atoms with E-state index in [2.05, 4.69) is 0 Å². The quantitative estimate of drug-likeness (QED) is 0.351. The molecule has 31 heavy (non-hydrogen) atoms. The number of amides is 2. The van der Waals surface area contributed by atoms with Crippen LogP contribution in [0.25, 0.3) is 0 Å². The smallest absolute Gasteiger partial charge is 0.233 e. The zero-order chi connectivity index (χ0) is 21.8. The molecule has 4 rings (SSSR count). The van der Waals surface area contributed by atoms with E-state index in [0.717, 1.165) is 6.42 Å². The molecule has 2 aliphatic heterocycles. The van der Waals surface area contributed by atoms with E-state index >= 15 is 0 Å². The molecule has 0 bridgehead atoms. The van der Waals surface area contributed by atoms with Crippen molar-refractivity contribution in [2.24, 2.45) is 17.3 Å². The zero-order valence-electron chi connectivity index (χ0n) is 18.1. The minimum absolute atomic E-state index is 0.00221. The van der Waals surface area contributed by atoms with Crippen LogP contribution in [0.2, 0.25) is 0 Å². The van der Waals surface area contributed by atoms with Crippen molar-refractivity contribution in [3.63, 3.8) is 0 Å². The van der Waals surface area contributed by atoms with Crippen LogP contribution >= 0.6 is 0 Å². The van der Waals surface area contributed by atoms with E-state index in [4.69, 9.17) is 18.9 Å². The average molecular weight is 442 g/mol. The second-order valence-corrected chi connectivity index (χ2v) is 9.31. The number of rotatable bonds is 11. The van der Waals surface area contributed by atoms with Crippen LogP contribution < -0.4 is 0 Å². The van der Waals surface area contributed by atoms with Crippen LogP contribution in [0.3, 0.4) is 0 Å². The largest absolute Gasteiger partial charge is 0.391 e. The Morgan fingerprint density at radius 2 is 1.77 bits per heavy atom. The molecular formula is C22H35NO8. The molecule has 4 fully saturated rings. The molecule has 5 atom stereocenters. The highest BCUT2D eigenvalue weighted by Gasteiger charge is 2.57. The lowest BCUT2D eigenvalue weighted by Gasteiger charge is -2.57. The first kappa shape index (κ1) is 23.1. The molecule has 2 N–H and O–H groups in total. The predicted octanol–water partition coefficient (Wildman–Crippen LogP) is 0.460. The van der Waals surface area contributed by atoms with Crippen molar-refractivity contribution in [3.05, 3.63) is 0 Å². The van der Waals surface area contributed by atoms with E-state index in [-0.39, 0.29) is 37.4 Å². The van der Waals surface area contributed by atoms with Gasteiger partial charge in [0.15, 0.2) is 6.29 Å². The Hall–Kier alpha value is -1.10. The van der Waals surface area contributed by atoms with Crippen molar-refractivity contribution in [2.45, 2.75) is 63.4 Å². The summed E-state index contributed by atoms with van der Waals surface area (Å²) >= 11 is 0. The number of likely N-dealkylation sites (tertiary alicyclic amines) is 1. The highest BCUT2D eigenvalue weighted by Crippen LogP contribution is 2.63. The number of hydrogen-bond donors (Lipinski definition) is 2. The molecule has 2 saturated carbocycles. The van der Waals surface area contributed by atoms with E-state index in [0.29, 0.717) is 50.7 Å². The van der Waals surface area contributed by atoms with Gasteiger partial charge in [0, 0.05) is 12.8 Å². The summed E-state index contributed by atoms with van der Waals surface area (Å²) in [6.45, 7) is 2.08. The molecule has 176 valence electrons. The Balaban J connectivity index is 1.04. The van der Waals surface area contributed by atoms with Gasteiger partial charge in [0.1, 0.15) is 6.10 Å². The van der Waals surface area contributed by atoms with Crippen molar-refractivity contribution in [2.75, 3.05) is 46.2 Å². The second kappa shape index (κ2) is 10.2. The van der Waals surface area contributed by atoms with Gasteiger partial charge in [-0.1, -0.05) is 6.42 Å². The number of carbonyl (C=O) groups excluding carboxylic acids is 2. The Bertz CT molecular complexity index is 633. The van der Waals surface area contributed by atoms with Crippen LogP contribution in [0, 0.1) is 17.3 Å². The number of aliphatic hydroxyl groups is 2. The van der Waals surface area contributed by atoms with Gasteiger partial charge in [-0.25, -0.2) is 0 Å². The molecule has 2 heterocycles. The summed E-state index contributed by atoms with van der Waals surface area (Å²) < 4.78 is 21.6. The second-order valence-electron chi connectivity index (χ2n) is 9.31. The highest BCUT2D eigenvalue weighted by molar-refractivity contribution is 6.03. The summed E-state index contributed by atoms with van der Waals surface area (Å²) in [5.74, 6) is 0.231. The Kier molecular flexibility index (Phi) is 7.61. The van der Waals surface area contributed by atoms with Crippen molar-refractivity contribution in [1.29, 1.82) is 0 Å². The molecule has 0 aromatic heterocycles. The van der Waals surface area contributed by atoms with Gasteiger partial charge in [0.05, 0.1) is 58.2 Å². The van der Waals surface area contributed by atoms with E-state index in [1.807, 2.05) is 0 Å². The molecule has 0 radical (unpaired) electrons. The Morgan fingerprint density at radius 1 is 1.03 bits per heavy atom. The van der Waals surface area contributed by atoms with Crippen LogP contribution in [0.1, 0.15) is 44.9 Å². The van der Waals surface area contributed by atoms with Gasteiger partial charge in [-0.05, 0) is 37.0 Å². The third-order valence-corrected chi connectivity index (χ3v) is 7.48. The van der Waals surface area contributed by atoms with Crippen molar-refractivity contribution < 1.29 is 38.7 Å². The fraction of sp³-hybridized carbons (Fsp3) is 0.909.